The summed E-state index contributed by atoms with van der Waals surface area (Å²) < 4.78 is 44.6. The number of nitrogens with one attached hydrogen (secondary N) is 2. The molecule has 1 aromatic heterocycles. The normalized spacial score (nSPS) is 11.5. The van der Waals surface area contributed by atoms with E-state index in [-0.39, 0.29) is 18.2 Å². The van der Waals surface area contributed by atoms with Gasteiger partial charge in [-0.05, 0) is 42.5 Å². The lowest BCUT2D eigenvalue weighted by atomic mass is 10.2. The molecule has 0 bridgehead atoms. The van der Waals surface area contributed by atoms with Crippen LogP contribution in [0.15, 0.2) is 48.7 Å². The van der Waals surface area contributed by atoms with Crippen LogP contribution >= 0.6 is 0 Å². The zero-order valence-corrected chi connectivity index (χ0v) is 12.8. The minimum Gasteiger partial charge on any atom is -0.492 e. The van der Waals surface area contributed by atoms with Crippen LogP contribution in [0.1, 0.15) is 0 Å². The van der Waals surface area contributed by atoms with Crippen LogP contribution in [0, 0.1) is 5.82 Å². The van der Waals surface area contributed by atoms with Crippen LogP contribution in [0.25, 0.3) is 10.9 Å². The van der Waals surface area contributed by atoms with Crippen molar-refractivity contribution in [1.29, 1.82) is 0 Å². The smallest absolute Gasteiger partial charge is 0.236 e. The van der Waals surface area contributed by atoms with Crippen molar-refractivity contribution in [2.24, 2.45) is 0 Å². The number of rotatable bonds is 6. The topological polar surface area (TPSA) is 84.1 Å². The number of anilines is 1. The molecule has 120 valence electrons. The molecule has 23 heavy (non-hydrogen) atoms. The monoisotopic (exact) mass is 335 g/mol. The number of halogens is 1. The Bertz CT molecular complexity index is 907. The number of hydrogen-bond donors (Lipinski definition) is 2. The highest BCUT2D eigenvalue weighted by Crippen LogP contribution is 2.18. The summed E-state index contributed by atoms with van der Waals surface area (Å²) in [5, 5.41) is 7.55. The van der Waals surface area contributed by atoms with Gasteiger partial charge in [0.15, 0.2) is 0 Å². The van der Waals surface area contributed by atoms with Gasteiger partial charge in [-0.3, -0.25) is 9.82 Å². The lowest BCUT2D eigenvalue weighted by molar-refractivity contribution is 0.340. The predicted molar refractivity (Wildman–Crippen MR) is 85.4 cm³/mol. The Morgan fingerprint density at radius 3 is 2.74 bits per heavy atom. The van der Waals surface area contributed by atoms with E-state index in [9.17, 15) is 12.8 Å². The zero-order chi connectivity index (χ0) is 16.3. The van der Waals surface area contributed by atoms with Crippen LogP contribution in [0.3, 0.4) is 0 Å². The quantitative estimate of drug-likeness (QED) is 0.725. The Balaban J connectivity index is 1.59. The second-order valence-electron chi connectivity index (χ2n) is 4.90. The van der Waals surface area contributed by atoms with Gasteiger partial charge in [-0.15, -0.1) is 0 Å². The van der Waals surface area contributed by atoms with Crippen LogP contribution in [0.5, 0.6) is 5.75 Å². The molecule has 0 amide bonds. The van der Waals surface area contributed by atoms with Gasteiger partial charge in [0, 0.05) is 5.39 Å². The molecule has 8 heteroatoms. The van der Waals surface area contributed by atoms with Gasteiger partial charge in [-0.25, -0.2) is 12.8 Å². The molecule has 0 unspecified atom stereocenters. The second kappa shape index (κ2) is 6.25. The lowest BCUT2D eigenvalue weighted by Gasteiger charge is -2.09. The maximum absolute atomic E-state index is 12.8. The summed E-state index contributed by atoms with van der Waals surface area (Å²) in [5.74, 6) is -0.174. The van der Waals surface area contributed by atoms with Crippen molar-refractivity contribution in [3.63, 3.8) is 0 Å². The number of aromatic amines is 1. The molecular weight excluding hydrogens is 321 g/mol. The zero-order valence-electron chi connectivity index (χ0n) is 12.0. The highest BCUT2D eigenvalue weighted by molar-refractivity contribution is 7.92. The van der Waals surface area contributed by atoms with Crippen LogP contribution in [-0.2, 0) is 10.0 Å². The van der Waals surface area contributed by atoms with Gasteiger partial charge in [0.2, 0.25) is 10.0 Å². The molecule has 0 aliphatic heterocycles. The average Bonchev–Trinajstić information content (AvgIpc) is 2.96. The van der Waals surface area contributed by atoms with Crippen molar-refractivity contribution in [2.45, 2.75) is 0 Å². The van der Waals surface area contributed by atoms with Gasteiger partial charge < -0.3 is 4.74 Å². The van der Waals surface area contributed by atoms with Gasteiger partial charge in [0.05, 0.1) is 17.4 Å². The summed E-state index contributed by atoms with van der Waals surface area (Å²) in [6, 6.07) is 10.5. The third-order valence-corrected chi connectivity index (χ3v) is 4.40. The van der Waals surface area contributed by atoms with E-state index in [1.807, 2.05) is 0 Å². The number of H-pyrrole nitrogens is 1. The van der Waals surface area contributed by atoms with E-state index in [1.54, 1.807) is 24.4 Å². The fourth-order valence-electron chi connectivity index (χ4n) is 2.03. The van der Waals surface area contributed by atoms with Gasteiger partial charge in [0.1, 0.15) is 23.9 Å². The van der Waals surface area contributed by atoms with Crippen molar-refractivity contribution in [2.75, 3.05) is 17.1 Å². The van der Waals surface area contributed by atoms with Crippen LogP contribution < -0.4 is 9.46 Å². The minimum absolute atomic E-state index is 0.0345. The summed E-state index contributed by atoms with van der Waals surface area (Å²) in [6.45, 7) is -0.0345. The fraction of sp³-hybridized carbons (Fsp3) is 0.133. The Labute approximate surface area is 132 Å². The third kappa shape index (κ3) is 3.98. The first-order chi connectivity index (χ1) is 11.0. The molecule has 0 saturated carbocycles. The molecule has 6 nitrogen and oxygen atoms in total. The number of benzene rings is 2. The molecule has 0 fully saturated rings. The number of hydrogen-bond acceptors (Lipinski definition) is 4. The molecule has 0 aliphatic carbocycles. The van der Waals surface area contributed by atoms with Gasteiger partial charge in [0.25, 0.3) is 0 Å². The maximum atomic E-state index is 12.8. The molecule has 0 saturated heterocycles. The first-order valence-electron chi connectivity index (χ1n) is 6.84. The van der Waals surface area contributed by atoms with E-state index in [0.29, 0.717) is 11.4 Å². The molecule has 2 N–H and O–H groups in total. The van der Waals surface area contributed by atoms with Crippen LogP contribution in [-0.4, -0.2) is 31.0 Å². The Kier molecular flexibility index (Phi) is 4.16. The summed E-state index contributed by atoms with van der Waals surface area (Å²) in [7, 11) is -3.55. The molecule has 2 aromatic carbocycles. The molecule has 3 rings (SSSR count). The van der Waals surface area contributed by atoms with E-state index < -0.39 is 10.0 Å². The Hall–Kier alpha value is -2.61. The van der Waals surface area contributed by atoms with Crippen molar-refractivity contribution in [1.82, 2.24) is 10.2 Å². The number of sulfonamides is 1. The number of ether oxygens (including phenoxy) is 1. The van der Waals surface area contributed by atoms with E-state index >= 15 is 0 Å². The second-order valence-corrected chi connectivity index (χ2v) is 6.74. The van der Waals surface area contributed by atoms with E-state index in [1.165, 1.54) is 24.3 Å². The van der Waals surface area contributed by atoms with Crippen LogP contribution in [0.2, 0.25) is 0 Å². The van der Waals surface area contributed by atoms with Gasteiger partial charge in [-0.2, -0.15) is 5.10 Å². The van der Waals surface area contributed by atoms with Gasteiger partial charge >= 0.3 is 0 Å². The number of fused-ring (bicyclic) bond motifs is 1. The van der Waals surface area contributed by atoms with Gasteiger partial charge in [-0.1, -0.05) is 0 Å². The largest absolute Gasteiger partial charge is 0.492 e. The summed E-state index contributed by atoms with van der Waals surface area (Å²) in [6.07, 6.45) is 1.66. The average molecular weight is 335 g/mol. The summed E-state index contributed by atoms with van der Waals surface area (Å²) in [4.78, 5) is 0. The first kappa shape index (κ1) is 15.3. The maximum Gasteiger partial charge on any atom is 0.236 e. The third-order valence-electron chi connectivity index (χ3n) is 3.15. The van der Waals surface area contributed by atoms with Crippen molar-refractivity contribution < 1.29 is 17.5 Å². The molecular formula is C15H14FN3O3S. The van der Waals surface area contributed by atoms with E-state index in [2.05, 4.69) is 14.9 Å². The highest BCUT2D eigenvalue weighted by atomic mass is 32.2. The molecule has 0 atom stereocenters. The van der Waals surface area contributed by atoms with Crippen LogP contribution in [0.4, 0.5) is 10.1 Å². The predicted octanol–water partition coefficient (Wildman–Crippen LogP) is 2.52. The fourth-order valence-corrected chi connectivity index (χ4v) is 2.92. The SMILES string of the molecule is O=S(=O)(CCOc1ccc(F)cc1)Nc1ccc2cn[nH]c2c1. The number of aromatic nitrogens is 2. The summed E-state index contributed by atoms with van der Waals surface area (Å²) in [5.41, 5.74) is 1.19. The highest BCUT2D eigenvalue weighted by Gasteiger charge is 2.11. The molecule has 0 radical (unpaired) electrons. The molecule has 3 aromatic rings. The van der Waals surface area contributed by atoms with E-state index in [4.69, 9.17) is 4.74 Å². The Morgan fingerprint density at radius 1 is 1.17 bits per heavy atom. The molecule has 1 heterocycles. The standard InChI is InChI=1S/C15H14FN3O3S/c16-12-2-5-14(6-3-12)22-7-8-23(20,21)19-13-4-1-11-10-17-18-15(11)9-13/h1-6,9-10,19H,7-8H2,(H,17,18). The van der Waals surface area contributed by atoms with E-state index in [0.717, 1.165) is 10.9 Å². The first-order valence-corrected chi connectivity index (χ1v) is 8.49. The summed E-state index contributed by atoms with van der Waals surface area (Å²) >= 11 is 0. The van der Waals surface area contributed by atoms with Crippen molar-refractivity contribution in [3.05, 3.63) is 54.5 Å². The number of nitrogens with zero attached hydrogens (tertiary/aromatic N) is 1. The van der Waals surface area contributed by atoms with Crippen molar-refractivity contribution in [3.8, 4) is 5.75 Å². The Morgan fingerprint density at radius 2 is 1.96 bits per heavy atom. The molecule has 0 spiro atoms. The minimum atomic E-state index is -3.55. The molecule has 0 aliphatic rings. The van der Waals surface area contributed by atoms with Crippen molar-refractivity contribution >= 4 is 26.6 Å². The lowest BCUT2D eigenvalue weighted by Crippen LogP contribution is -2.21.